The van der Waals surface area contributed by atoms with Gasteiger partial charge in [-0.15, -0.1) is 5.73 Å². The van der Waals surface area contributed by atoms with Crippen LogP contribution in [0.1, 0.15) is 38.7 Å². The molecule has 0 aliphatic rings. The van der Waals surface area contributed by atoms with Gasteiger partial charge in [-0.2, -0.15) is 10.1 Å². The van der Waals surface area contributed by atoms with Crippen molar-refractivity contribution in [3.05, 3.63) is 59.3 Å². The Hall–Kier alpha value is -2.76. The quantitative estimate of drug-likeness (QED) is 0.213. The number of hydrogen-bond donors (Lipinski definition) is 0. The molecule has 0 aliphatic carbocycles. The lowest BCUT2D eigenvalue weighted by atomic mass is 9.86. The first-order valence-electron chi connectivity index (χ1n) is 8.13. The van der Waals surface area contributed by atoms with E-state index >= 15 is 0 Å². The van der Waals surface area contributed by atoms with E-state index in [0.717, 1.165) is 5.56 Å². The zero-order valence-corrected chi connectivity index (χ0v) is 14.7. The fourth-order valence-electron chi connectivity index (χ4n) is 2.06. The van der Waals surface area contributed by atoms with Gasteiger partial charge in [-0.05, 0) is 29.6 Å². The van der Waals surface area contributed by atoms with Crippen LogP contribution >= 0.6 is 0 Å². The molecule has 0 radical (unpaired) electrons. The van der Waals surface area contributed by atoms with Crippen molar-refractivity contribution in [2.45, 2.75) is 39.7 Å². The third-order valence-corrected chi connectivity index (χ3v) is 3.59. The largest absolute Gasteiger partial charge is 0.372 e. The fourth-order valence-corrected chi connectivity index (χ4v) is 2.06. The van der Waals surface area contributed by atoms with Crippen LogP contribution in [0.2, 0.25) is 0 Å². The Morgan fingerprint density at radius 3 is 2.72 bits per heavy atom. The number of nitrogens with zero attached hydrogens (tertiary/aromatic N) is 3. The van der Waals surface area contributed by atoms with Gasteiger partial charge < -0.3 is 10.3 Å². The van der Waals surface area contributed by atoms with Crippen LogP contribution in [0.4, 0.5) is 0 Å². The molecule has 0 saturated carbocycles. The second kappa shape index (κ2) is 10.9. The highest BCUT2D eigenvalue weighted by atomic mass is 16.5. The Kier molecular flexibility index (Phi) is 8.85. The zero-order valence-electron chi connectivity index (χ0n) is 14.7. The third-order valence-electron chi connectivity index (χ3n) is 3.59. The van der Waals surface area contributed by atoms with E-state index in [2.05, 4.69) is 10.5 Å². The monoisotopic (exact) mass is 337 g/mol. The molecule has 0 fully saturated rings. The van der Waals surface area contributed by atoms with Crippen molar-refractivity contribution in [1.29, 1.82) is 5.26 Å². The lowest BCUT2D eigenvalue weighted by Crippen LogP contribution is -2.18. The Labute approximate surface area is 148 Å². The third kappa shape index (κ3) is 8.60. The van der Waals surface area contributed by atoms with E-state index in [4.69, 9.17) is 15.5 Å². The highest BCUT2D eigenvalue weighted by Gasteiger charge is 2.23. The summed E-state index contributed by atoms with van der Waals surface area (Å²) in [4.78, 5) is 14.8. The molecule has 130 valence electrons. The average Bonchev–Trinajstić information content (AvgIpc) is 2.61. The molecule has 0 aliphatic heterocycles. The first-order chi connectivity index (χ1) is 12.0. The van der Waals surface area contributed by atoms with E-state index in [1.165, 1.54) is 0 Å². The second-order valence-electron chi connectivity index (χ2n) is 6.31. The van der Waals surface area contributed by atoms with Crippen LogP contribution in [0.3, 0.4) is 0 Å². The summed E-state index contributed by atoms with van der Waals surface area (Å²) in [5.74, 6) is -0.305. The van der Waals surface area contributed by atoms with Gasteiger partial charge in [0.25, 0.3) is 0 Å². The van der Waals surface area contributed by atoms with Gasteiger partial charge in [0.1, 0.15) is 6.42 Å². The highest BCUT2D eigenvalue weighted by molar-refractivity contribution is 6.37. The maximum atomic E-state index is 11.9. The van der Waals surface area contributed by atoms with Gasteiger partial charge in [0, 0.05) is 6.42 Å². The predicted octanol–water partition coefficient (Wildman–Crippen LogP) is 3.87. The number of rotatable bonds is 10. The van der Waals surface area contributed by atoms with E-state index < -0.39 is 0 Å². The van der Waals surface area contributed by atoms with Crippen molar-refractivity contribution in [2.75, 3.05) is 6.61 Å². The summed E-state index contributed by atoms with van der Waals surface area (Å²) < 4.78 is 5.54. The van der Waals surface area contributed by atoms with Crippen molar-refractivity contribution in [3.8, 4) is 6.07 Å². The van der Waals surface area contributed by atoms with Gasteiger partial charge in [-0.1, -0.05) is 44.2 Å². The van der Waals surface area contributed by atoms with Crippen LogP contribution in [-0.2, 0) is 16.1 Å². The molecule has 1 aromatic rings. The molecule has 0 N–H and O–H groups in total. The van der Waals surface area contributed by atoms with Crippen molar-refractivity contribution in [1.82, 2.24) is 0 Å². The van der Waals surface area contributed by atoms with Gasteiger partial charge in [0.05, 0.1) is 19.3 Å². The van der Waals surface area contributed by atoms with Gasteiger partial charge >= 0.3 is 5.71 Å². The summed E-state index contributed by atoms with van der Waals surface area (Å²) in [5.41, 5.74) is 12.6. The van der Waals surface area contributed by atoms with Crippen LogP contribution in [0, 0.1) is 16.7 Å². The number of carbonyl (C=O) groups excluding carboxylic acids is 1. The summed E-state index contributed by atoms with van der Waals surface area (Å²) in [6, 6.07) is 11.7. The minimum absolute atomic E-state index is 0.0906. The molecule has 0 heterocycles. The summed E-state index contributed by atoms with van der Waals surface area (Å²) in [6.45, 7) is 5.00. The minimum Gasteiger partial charge on any atom is -0.372 e. The Bertz CT molecular complexity index is 717. The number of ether oxygens (including phenoxy) is 1. The molecule has 0 amide bonds. The molecule has 0 saturated heterocycles. The summed E-state index contributed by atoms with van der Waals surface area (Å²) >= 11 is 0. The van der Waals surface area contributed by atoms with Crippen molar-refractivity contribution < 1.29 is 14.3 Å². The van der Waals surface area contributed by atoms with Crippen molar-refractivity contribution >= 4 is 11.5 Å². The Morgan fingerprint density at radius 1 is 1.36 bits per heavy atom. The maximum Gasteiger partial charge on any atom is 0.348 e. The molecule has 0 bridgehead atoms. The van der Waals surface area contributed by atoms with Crippen molar-refractivity contribution in [3.63, 3.8) is 0 Å². The molecule has 0 unspecified atom stereocenters. The number of benzene rings is 1. The molecule has 25 heavy (non-hydrogen) atoms. The summed E-state index contributed by atoms with van der Waals surface area (Å²) in [7, 11) is 0. The molecule has 5 nitrogen and oxygen atoms in total. The number of carbonyl (C=O) groups is 1. The SMILES string of the molecule is CC(C)(C=C=CCOCc1ccccc1)CCC(=O)C(CC#N)=[N+]=[N-]. The number of hydrogen-bond acceptors (Lipinski definition) is 3. The fraction of sp³-hybridized carbons (Fsp3) is 0.400. The molecular formula is C20H23N3O2. The van der Waals surface area contributed by atoms with Crippen LogP contribution in [-0.4, -0.2) is 22.9 Å². The molecule has 0 aromatic heterocycles. The molecule has 1 rings (SSSR count). The van der Waals surface area contributed by atoms with E-state index in [1.807, 2.05) is 62.4 Å². The summed E-state index contributed by atoms with van der Waals surface area (Å²) in [5, 5.41) is 8.58. The van der Waals surface area contributed by atoms with Gasteiger partial charge in [0.15, 0.2) is 0 Å². The standard InChI is InChI=1S/C20H23N3O2/c1-20(2,13-10-19(24)18(23-22)11-14-21)12-6-7-15-25-16-17-8-4-3-5-9-17/h3-5,7-9,12H,10-11,13,15-16H2,1-2H3. The average molecular weight is 337 g/mol. The number of ketones is 1. The van der Waals surface area contributed by atoms with Crippen LogP contribution in [0.15, 0.2) is 48.2 Å². The lowest BCUT2D eigenvalue weighted by molar-refractivity contribution is -0.117. The first kappa shape index (κ1) is 20.3. The highest BCUT2D eigenvalue weighted by Crippen LogP contribution is 2.23. The minimum atomic E-state index is -0.305. The van der Waals surface area contributed by atoms with Gasteiger partial charge in [-0.25, -0.2) is 0 Å². The van der Waals surface area contributed by atoms with E-state index in [1.54, 1.807) is 0 Å². The Morgan fingerprint density at radius 2 is 2.08 bits per heavy atom. The lowest BCUT2D eigenvalue weighted by Gasteiger charge is -2.17. The van der Waals surface area contributed by atoms with Crippen LogP contribution < -0.4 is 0 Å². The van der Waals surface area contributed by atoms with E-state index in [0.29, 0.717) is 19.6 Å². The topological polar surface area (TPSA) is 86.5 Å². The molecular weight excluding hydrogens is 314 g/mol. The van der Waals surface area contributed by atoms with Gasteiger partial charge in [-0.3, -0.25) is 4.79 Å². The normalized spacial score (nSPS) is 10.1. The molecule has 5 heteroatoms. The van der Waals surface area contributed by atoms with E-state index in [9.17, 15) is 4.79 Å². The van der Waals surface area contributed by atoms with Crippen LogP contribution in [0.25, 0.3) is 5.53 Å². The Balaban J connectivity index is 2.40. The number of nitriles is 1. The zero-order chi connectivity index (χ0) is 18.5. The van der Waals surface area contributed by atoms with E-state index in [-0.39, 0.29) is 29.8 Å². The molecule has 0 spiro atoms. The van der Waals surface area contributed by atoms with Gasteiger partial charge in [0.2, 0.25) is 5.78 Å². The number of Topliss-reactive ketones (excluding diaryl/α,β-unsaturated/α-hetero) is 1. The predicted molar refractivity (Wildman–Crippen MR) is 95.6 cm³/mol. The second-order valence-corrected chi connectivity index (χ2v) is 6.31. The molecule has 1 aromatic carbocycles. The maximum absolute atomic E-state index is 11.9. The summed E-state index contributed by atoms with van der Waals surface area (Å²) in [6.07, 6.45) is 4.32. The smallest absolute Gasteiger partial charge is 0.348 e. The van der Waals surface area contributed by atoms with Crippen LogP contribution in [0.5, 0.6) is 0 Å². The van der Waals surface area contributed by atoms with Crippen molar-refractivity contribution in [2.24, 2.45) is 5.41 Å². The molecule has 0 atom stereocenters. The first-order valence-corrected chi connectivity index (χ1v) is 8.13.